The third-order valence-electron chi connectivity index (χ3n) is 7.82. The molecule has 0 saturated heterocycles. The highest BCUT2D eigenvalue weighted by Gasteiger charge is 2.48. The summed E-state index contributed by atoms with van der Waals surface area (Å²) in [7, 11) is 0. The van der Waals surface area contributed by atoms with Crippen LogP contribution in [0, 0.1) is 11.3 Å². The van der Waals surface area contributed by atoms with Crippen LogP contribution in [0.3, 0.4) is 0 Å². The van der Waals surface area contributed by atoms with Gasteiger partial charge in [-0.3, -0.25) is 14.8 Å². The first kappa shape index (κ1) is 23.1. The summed E-state index contributed by atoms with van der Waals surface area (Å²) in [4.78, 5) is 22.1. The average Bonchev–Trinajstić information content (AvgIpc) is 3.36. The van der Waals surface area contributed by atoms with Gasteiger partial charge in [-0.1, -0.05) is 6.07 Å². The topological polar surface area (TPSA) is 128 Å². The first-order chi connectivity index (χ1) is 18.0. The van der Waals surface area contributed by atoms with E-state index < -0.39 is 5.60 Å². The molecule has 37 heavy (non-hydrogen) atoms. The van der Waals surface area contributed by atoms with Crippen molar-refractivity contribution in [2.24, 2.45) is 0 Å². The quantitative estimate of drug-likeness (QED) is 0.372. The molecule has 3 aliphatic carbocycles. The fourth-order valence-corrected chi connectivity index (χ4v) is 5.55. The van der Waals surface area contributed by atoms with Gasteiger partial charge in [-0.05, 0) is 74.4 Å². The lowest BCUT2D eigenvalue weighted by Crippen LogP contribution is -2.54. The fourth-order valence-electron chi connectivity index (χ4n) is 5.55. The maximum atomic E-state index is 13.3. The molecule has 3 saturated carbocycles. The molecule has 0 atom stereocenters. The Morgan fingerprint density at radius 1 is 1.08 bits per heavy atom. The lowest BCUT2D eigenvalue weighted by Gasteiger charge is -2.51. The van der Waals surface area contributed by atoms with Gasteiger partial charge in [-0.2, -0.15) is 10.4 Å². The zero-order chi connectivity index (χ0) is 25.5. The lowest BCUT2D eigenvalue weighted by molar-refractivity contribution is -0.0580. The molecule has 7 rings (SSSR count). The van der Waals surface area contributed by atoms with Gasteiger partial charge in [0, 0.05) is 30.7 Å². The second kappa shape index (κ2) is 8.98. The van der Waals surface area contributed by atoms with Crippen molar-refractivity contribution in [2.75, 3.05) is 5.32 Å². The molecule has 2 bridgehead atoms. The van der Waals surface area contributed by atoms with Gasteiger partial charge in [0.05, 0.1) is 45.5 Å². The Hall–Kier alpha value is -4.29. The third-order valence-corrected chi connectivity index (χ3v) is 7.82. The fraction of sp³-hybridized carbons (Fsp3) is 0.321. The van der Waals surface area contributed by atoms with Crippen LogP contribution in [0.4, 0.5) is 5.69 Å². The molecule has 4 aromatic heterocycles. The molecule has 4 aromatic rings. The van der Waals surface area contributed by atoms with Crippen LogP contribution in [0.25, 0.3) is 16.9 Å². The molecule has 0 radical (unpaired) electrons. The Balaban J connectivity index is 1.35. The molecule has 1 amide bonds. The molecule has 186 valence electrons. The monoisotopic (exact) mass is 493 g/mol. The summed E-state index contributed by atoms with van der Waals surface area (Å²) in [5, 5.41) is 31.0. The van der Waals surface area contributed by atoms with Crippen molar-refractivity contribution in [3.63, 3.8) is 0 Å². The first-order valence-corrected chi connectivity index (χ1v) is 12.5. The Bertz CT molecular complexity index is 1500. The SMILES string of the molecule is N#Cc1cnn2c(-c3cc(NC45CCC(O)(CC4)CC5)c(C(=O)NCc4cccnc4)cn3)ccc2c1. The minimum absolute atomic E-state index is 0.164. The van der Waals surface area contributed by atoms with Crippen LogP contribution in [-0.4, -0.2) is 41.7 Å². The van der Waals surface area contributed by atoms with E-state index in [4.69, 9.17) is 0 Å². The molecule has 0 spiro atoms. The second-order valence-corrected chi connectivity index (χ2v) is 10.2. The number of nitriles is 1. The second-order valence-electron chi connectivity index (χ2n) is 10.2. The summed E-state index contributed by atoms with van der Waals surface area (Å²) in [6, 6.07) is 13.4. The normalized spacial score (nSPS) is 22.5. The lowest BCUT2D eigenvalue weighted by atomic mass is 9.63. The zero-order valence-electron chi connectivity index (χ0n) is 20.3. The van der Waals surface area contributed by atoms with Gasteiger partial charge >= 0.3 is 0 Å². The number of nitrogens with zero attached hydrogens (tertiary/aromatic N) is 5. The maximum absolute atomic E-state index is 13.3. The third kappa shape index (κ3) is 4.41. The van der Waals surface area contributed by atoms with Crippen LogP contribution in [0.1, 0.15) is 60.0 Å². The molecule has 0 unspecified atom stereocenters. The summed E-state index contributed by atoms with van der Waals surface area (Å²) in [5.74, 6) is -0.221. The highest BCUT2D eigenvalue weighted by Crippen LogP contribution is 2.48. The molecule has 9 nitrogen and oxygen atoms in total. The van der Waals surface area contributed by atoms with Crippen molar-refractivity contribution in [3.05, 3.63) is 77.9 Å². The number of anilines is 1. The van der Waals surface area contributed by atoms with Crippen molar-refractivity contribution in [1.29, 1.82) is 5.26 Å². The van der Waals surface area contributed by atoms with Gasteiger partial charge < -0.3 is 15.7 Å². The molecule has 0 aromatic carbocycles. The van der Waals surface area contributed by atoms with Gasteiger partial charge in [0.15, 0.2) is 0 Å². The number of rotatable bonds is 6. The van der Waals surface area contributed by atoms with Gasteiger partial charge in [0.2, 0.25) is 0 Å². The van der Waals surface area contributed by atoms with Crippen molar-refractivity contribution in [2.45, 2.75) is 56.2 Å². The molecule has 3 aliphatic rings. The van der Waals surface area contributed by atoms with Crippen molar-refractivity contribution < 1.29 is 9.90 Å². The minimum Gasteiger partial charge on any atom is -0.390 e. The van der Waals surface area contributed by atoms with Crippen molar-refractivity contribution in [1.82, 2.24) is 24.9 Å². The van der Waals surface area contributed by atoms with Crippen LogP contribution >= 0.6 is 0 Å². The van der Waals surface area contributed by atoms with E-state index in [2.05, 4.69) is 31.8 Å². The van der Waals surface area contributed by atoms with E-state index in [0.717, 1.165) is 55.3 Å². The summed E-state index contributed by atoms with van der Waals surface area (Å²) in [6.45, 7) is 0.362. The van der Waals surface area contributed by atoms with Crippen molar-refractivity contribution >= 4 is 17.1 Å². The van der Waals surface area contributed by atoms with Crippen LogP contribution in [-0.2, 0) is 6.54 Å². The summed E-state index contributed by atoms with van der Waals surface area (Å²) < 4.78 is 1.74. The number of fused-ring (bicyclic) bond motifs is 4. The van der Waals surface area contributed by atoms with E-state index >= 15 is 0 Å². The number of carbonyl (C=O) groups excluding carboxylic acids is 1. The predicted octanol–water partition coefficient (Wildman–Crippen LogP) is 3.84. The number of aromatic nitrogens is 4. The molecular weight excluding hydrogens is 466 g/mol. The standard InChI is InChI=1S/C28H27N7O2/c29-14-20-12-21-3-4-25(35(21)33-17-20)24-13-23(34-27-5-8-28(37,9-6-27)10-7-27)22(18-31-24)26(36)32-16-19-2-1-11-30-15-19/h1-4,11-13,15,17-18,37H,5-10,16H2,(H,31,34)(H,32,36). The molecule has 3 fully saturated rings. The largest absolute Gasteiger partial charge is 0.390 e. The van der Waals surface area contributed by atoms with Crippen LogP contribution < -0.4 is 10.6 Å². The molecule has 9 heteroatoms. The summed E-state index contributed by atoms with van der Waals surface area (Å²) >= 11 is 0. The van der Waals surface area contributed by atoms with E-state index in [1.807, 2.05) is 30.3 Å². The Labute approximate surface area is 214 Å². The number of amides is 1. The highest BCUT2D eigenvalue weighted by atomic mass is 16.3. The predicted molar refractivity (Wildman–Crippen MR) is 138 cm³/mol. The summed E-state index contributed by atoms with van der Waals surface area (Å²) in [6.07, 6.45) is 11.4. The number of pyridine rings is 2. The Kier molecular flexibility index (Phi) is 5.61. The Morgan fingerprint density at radius 3 is 2.62 bits per heavy atom. The van der Waals surface area contributed by atoms with E-state index in [1.54, 1.807) is 29.2 Å². The van der Waals surface area contributed by atoms with Gasteiger partial charge in [-0.25, -0.2) is 4.52 Å². The minimum atomic E-state index is -0.546. The average molecular weight is 494 g/mol. The number of hydrogen-bond donors (Lipinski definition) is 3. The van der Waals surface area contributed by atoms with Crippen LogP contribution in [0.15, 0.2) is 61.2 Å². The highest BCUT2D eigenvalue weighted by molar-refractivity contribution is 6.00. The van der Waals surface area contributed by atoms with E-state index in [-0.39, 0.29) is 11.4 Å². The molecule has 0 aliphatic heterocycles. The summed E-state index contributed by atoms with van der Waals surface area (Å²) in [5.41, 5.74) is 4.10. The van der Waals surface area contributed by atoms with Crippen LogP contribution in [0.5, 0.6) is 0 Å². The van der Waals surface area contributed by atoms with Gasteiger partial charge in [0.1, 0.15) is 6.07 Å². The number of nitrogens with one attached hydrogen (secondary N) is 2. The maximum Gasteiger partial charge on any atom is 0.255 e. The van der Waals surface area contributed by atoms with Crippen molar-refractivity contribution in [3.8, 4) is 17.5 Å². The van der Waals surface area contributed by atoms with Gasteiger partial charge in [0.25, 0.3) is 5.91 Å². The van der Waals surface area contributed by atoms with E-state index in [1.165, 1.54) is 6.20 Å². The number of carbonyl (C=O) groups is 1. The molecule has 3 N–H and O–H groups in total. The molecular formula is C28H27N7O2. The van der Waals surface area contributed by atoms with E-state index in [0.29, 0.717) is 29.1 Å². The van der Waals surface area contributed by atoms with E-state index in [9.17, 15) is 15.2 Å². The Morgan fingerprint density at radius 2 is 1.89 bits per heavy atom. The first-order valence-electron chi connectivity index (χ1n) is 12.5. The van der Waals surface area contributed by atoms with Crippen LogP contribution in [0.2, 0.25) is 0 Å². The molecule has 4 heterocycles. The number of hydrogen-bond acceptors (Lipinski definition) is 7. The smallest absolute Gasteiger partial charge is 0.255 e. The zero-order valence-corrected chi connectivity index (χ0v) is 20.3. The van der Waals surface area contributed by atoms with Gasteiger partial charge in [-0.15, -0.1) is 0 Å². The number of aliphatic hydroxyl groups is 1.